The first-order valence-electron chi connectivity index (χ1n) is 4.96. The smallest absolute Gasteiger partial charge is 0.262 e. The number of nitrogens with zero attached hydrogens (tertiary/aromatic N) is 2. The highest BCUT2D eigenvalue weighted by Crippen LogP contribution is 2.26. The van der Waals surface area contributed by atoms with Crippen molar-refractivity contribution in [3.8, 4) is 0 Å². The summed E-state index contributed by atoms with van der Waals surface area (Å²) < 4.78 is 5.25. The third kappa shape index (κ3) is 2.62. The quantitative estimate of drug-likeness (QED) is 0.885. The number of hydrogen-bond donors (Lipinski definition) is 1. The number of oxazole rings is 1. The van der Waals surface area contributed by atoms with Gasteiger partial charge in [0, 0.05) is 12.2 Å². The van der Waals surface area contributed by atoms with Crippen molar-refractivity contribution in [3.05, 3.63) is 35.9 Å². The minimum atomic E-state index is 0.00801. The maximum atomic E-state index is 5.80. The molecule has 2 rings (SSSR count). The highest BCUT2D eigenvalue weighted by atomic mass is 32.2. The molecular formula is C11H13N3OS. The molecule has 2 aromatic heterocycles. The highest BCUT2D eigenvalue weighted by Gasteiger charge is 2.06. The molecule has 2 heterocycles. The minimum Gasteiger partial charge on any atom is -0.439 e. The van der Waals surface area contributed by atoms with E-state index in [0.29, 0.717) is 5.22 Å². The average Bonchev–Trinajstić information content (AvgIpc) is 2.64. The molecule has 0 unspecified atom stereocenters. The van der Waals surface area contributed by atoms with Crippen LogP contribution in [-0.4, -0.2) is 9.97 Å². The summed E-state index contributed by atoms with van der Waals surface area (Å²) in [6.07, 6.45) is 3.37. The molecule has 2 N–H and O–H groups in total. The fourth-order valence-corrected chi connectivity index (χ4v) is 2.01. The van der Waals surface area contributed by atoms with Crippen LogP contribution in [0.1, 0.15) is 24.2 Å². The molecule has 0 spiro atoms. The molecule has 0 aliphatic heterocycles. The zero-order valence-electron chi connectivity index (χ0n) is 9.18. The number of hydrogen-bond acceptors (Lipinski definition) is 5. The van der Waals surface area contributed by atoms with Gasteiger partial charge in [0.05, 0.1) is 5.69 Å². The van der Waals surface area contributed by atoms with E-state index in [-0.39, 0.29) is 6.04 Å². The first-order chi connectivity index (χ1) is 7.65. The SMILES string of the molecule is Cc1coc(Sc2cc([C@@H](C)N)ccn2)n1. The number of nitrogens with two attached hydrogens (primary N) is 1. The van der Waals surface area contributed by atoms with Crippen molar-refractivity contribution in [2.75, 3.05) is 0 Å². The van der Waals surface area contributed by atoms with Crippen LogP contribution in [-0.2, 0) is 0 Å². The van der Waals surface area contributed by atoms with Crippen LogP contribution in [0.25, 0.3) is 0 Å². The Labute approximate surface area is 98.3 Å². The summed E-state index contributed by atoms with van der Waals surface area (Å²) in [6, 6.07) is 3.87. The predicted octanol–water partition coefficient (Wildman–Crippen LogP) is 2.55. The largest absolute Gasteiger partial charge is 0.439 e. The zero-order chi connectivity index (χ0) is 11.5. The molecule has 0 bridgehead atoms. The van der Waals surface area contributed by atoms with Gasteiger partial charge in [-0.3, -0.25) is 0 Å². The van der Waals surface area contributed by atoms with E-state index in [1.165, 1.54) is 11.8 Å². The van der Waals surface area contributed by atoms with E-state index in [2.05, 4.69) is 9.97 Å². The molecule has 0 aliphatic carbocycles. The van der Waals surface area contributed by atoms with Gasteiger partial charge >= 0.3 is 0 Å². The topological polar surface area (TPSA) is 64.9 Å². The summed E-state index contributed by atoms with van der Waals surface area (Å²) >= 11 is 1.40. The minimum absolute atomic E-state index is 0.00801. The highest BCUT2D eigenvalue weighted by molar-refractivity contribution is 7.99. The van der Waals surface area contributed by atoms with E-state index >= 15 is 0 Å². The van der Waals surface area contributed by atoms with Gasteiger partial charge in [-0.05, 0) is 43.3 Å². The lowest BCUT2D eigenvalue weighted by molar-refractivity contribution is 0.454. The second-order valence-electron chi connectivity index (χ2n) is 3.57. The summed E-state index contributed by atoms with van der Waals surface area (Å²) in [5, 5.41) is 1.45. The standard InChI is InChI=1S/C11H13N3OS/c1-7-6-15-11(14-7)16-10-5-9(8(2)12)3-4-13-10/h3-6,8H,12H2,1-2H3/t8-/m1/s1. The van der Waals surface area contributed by atoms with E-state index in [4.69, 9.17) is 10.2 Å². The molecule has 0 amide bonds. The summed E-state index contributed by atoms with van der Waals surface area (Å²) in [6.45, 7) is 3.83. The fourth-order valence-electron chi connectivity index (χ4n) is 1.23. The molecule has 0 aromatic carbocycles. The maximum Gasteiger partial charge on any atom is 0.262 e. The van der Waals surface area contributed by atoms with E-state index in [9.17, 15) is 0 Å². The molecule has 1 atom stereocenters. The van der Waals surface area contributed by atoms with Crippen LogP contribution in [0.5, 0.6) is 0 Å². The van der Waals surface area contributed by atoms with Gasteiger partial charge in [0.1, 0.15) is 11.3 Å². The van der Waals surface area contributed by atoms with Gasteiger partial charge in [0.25, 0.3) is 5.22 Å². The number of rotatable bonds is 3. The van der Waals surface area contributed by atoms with Gasteiger partial charge in [0.15, 0.2) is 0 Å². The third-order valence-corrected chi connectivity index (χ3v) is 2.87. The molecule has 0 saturated carbocycles. The first-order valence-corrected chi connectivity index (χ1v) is 5.78. The lowest BCUT2D eigenvalue weighted by atomic mass is 10.1. The molecule has 0 radical (unpaired) electrons. The zero-order valence-corrected chi connectivity index (χ0v) is 9.99. The maximum absolute atomic E-state index is 5.80. The van der Waals surface area contributed by atoms with Gasteiger partial charge in [-0.25, -0.2) is 9.97 Å². The molecule has 2 aromatic rings. The van der Waals surface area contributed by atoms with Crippen molar-refractivity contribution < 1.29 is 4.42 Å². The lowest BCUT2D eigenvalue weighted by Crippen LogP contribution is -2.04. The van der Waals surface area contributed by atoms with Crippen LogP contribution in [0.3, 0.4) is 0 Å². The Morgan fingerprint density at radius 2 is 2.31 bits per heavy atom. The third-order valence-electron chi connectivity index (χ3n) is 2.07. The van der Waals surface area contributed by atoms with Crippen molar-refractivity contribution in [3.63, 3.8) is 0 Å². The van der Waals surface area contributed by atoms with Crippen molar-refractivity contribution >= 4 is 11.8 Å². The summed E-state index contributed by atoms with van der Waals surface area (Å²) in [7, 11) is 0. The Balaban J connectivity index is 2.18. The van der Waals surface area contributed by atoms with E-state index in [0.717, 1.165) is 16.3 Å². The molecule has 16 heavy (non-hydrogen) atoms. The van der Waals surface area contributed by atoms with Crippen LogP contribution in [0.15, 0.2) is 39.3 Å². The fraction of sp³-hybridized carbons (Fsp3) is 0.273. The van der Waals surface area contributed by atoms with Gasteiger partial charge in [0.2, 0.25) is 0 Å². The predicted molar refractivity (Wildman–Crippen MR) is 62.2 cm³/mol. The average molecular weight is 235 g/mol. The Kier molecular flexibility index (Phi) is 3.26. The summed E-state index contributed by atoms with van der Waals surface area (Å²) in [5.41, 5.74) is 7.73. The lowest BCUT2D eigenvalue weighted by Gasteiger charge is -2.05. The second-order valence-corrected chi connectivity index (χ2v) is 4.54. The van der Waals surface area contributed by atoms with Crippen molar-refractivity contribution in [1.82, 2.24) is 9.97 Å². The van der Waals surface area contributed by atoms with Gasteiger partial charge < -0.3 is 10.2 Å². The van der Waals surface area contributed by atoms with Crippen LogP contribution in [0.2, 0.25) is 0 Å². The summed E-state index contributed by atoms with van der Waals surface area (Å²) in [5.74, 6) is 0. The summed E-state index contributed by atoms with van der Waals surface area (Å²) in [4.78, 5) is 8.44. The molecule has 4 nitrogen and oxygen atoms in total. The van der Waals surface area contributed by atoms with Crippen molar-refractivity contribution in [2.24, 2.45) is 5.73 Å². The molecule has 0 saturated heterocycles. The van der Waals surface area contributed by atoms with Crippen LogP contribution < -0.4 is 5.73 Å². The van der Waals surface area contributed by atoms with Gasteiger partial charge in [-0.15, -0.1) is 0 Å². The normalized spacial score (nSPS) is 12.7. The van der Waals surface area contributed by atoms with Crippen LogP contribution >= 0.6 is 11.8 Å². The molecule has 5 heteroatoms. The number of aryl methyl sites for hydroxylation is 1. The Morgan fingerprint density at radius 3 is 2.94 bits per heavy atom. The van der Waals surface area contributed by atoms with Gasteiger partial charge in [-0.2, -0.15) is 0 Å². The molecule has 84 valence electrons. The Bertz CT molecular complexity index is 482. The first kappa shape index (κ1) is 11.2. The number of aromatic nitrogens is 2. The van der Waals surface area contributed by atoms with Gasteiger partial charge in [-0.1, -0.05) is 0 Å². The molecule has 0 fully saturated rings. The van der Waals surface area contributed by atoms with Crippen molar-refractivity contribution in [2.45, 2.75) is 30.1 Å². The molecule has 0 aliphatic rings. The Morgan fingerprint density at radius 1 is 1.50 bits per heavy atom. The van der Waals surface area contributed by atoms with E-state index < -0.39 is 0 Å². The number of pyridine rings is 1. The van der Waals surface area contributed by atoms with Crippen molar-refractivity contribution in [1.29, 1.82) is 0 Å². The van der Waals surface area contributed by atoms with E-state index in [1.54, 1.807) is 12.5 Å². The molecular weight excluding hydrogens is 222 g/mol. The Hall–Kier alpha value is -1.33. The second kappa shape index (κ2) is 4.67. The van der Waals surface area contributed by atoms with Crippen LogP contribution in [0.4, 0.5) is 0 Å². The monoisotopic (exact) mass is 235 g/mol. The van der Waals surface area contributed by atoms with E-state index in [1.807, 2.05) is 26.0 Å². The van der Waals surface area contributed by atoms with Crippen LogP contribution in [0, 0.1) is 6.92 Å².